The van der Waals surface area contributed by atoms with Crippen molar-refractivity contribution in [3.05, 3.63) is 42.5 Å². The Bertz CT molecular complexity index is 636. The van der Waals surface area contributed by atoms with E-state index in [9.17, 15) is 4.21 Å². The van der Waals surface area contributed by atoms with Gasteiger partial charge in [0.2, 0.25) is 0 Å². The average molecular weight is 301 g/mol. The molecule has 3 rings (SSSR count). The van der Waals surface area contributed by atoms with Crippen molar-refractivity contribution in [2.24, 2.45) is 5.92 Å². The Balaban J connectivity index is 1.73. The van der Waals surface area contributed by atoms with Gasteiger partial charge in [0, 0.05) is 16.7 Å². The van der Waals surface area contributed by atoms with Crippen molar-refractivity contribution < 1.29 is 4.21 Å². The molecule has 2 aromatic carbocycles. The van der Waals surface area contributed by atoms with Crippen molar-refractivity contribution in [1.82, 2.24) is 5.32 Å². The lowest BCUT2D eigenvalue weighted by molar-refractivity contribution is 0.498. The van der Waals surface area contributed by atoms with Crippen LogP contribution < -0.4 is 5.32 Å². The molecule has 1 aliphatic carbocycles. The first-order valence-corrected chi connectivity index (χ1v) is 9.20. The maximum Gasteiger partial charge on any atom is 0.0545 e. The van der Waals surface area contributed by atoms with E-state index >= 15 is 0 Å². The van der Waals surface area contributed by atoms with Gasteiger partial charge >= 0.3 is 0 Å². The van der Waals surface area contributed by atoms with Crippen LogP contribution >= 0.6 is 0 Å². The lowest BCUT2D eigenvalue weighted by Crippen LogP contribution is -2.36. The molecule has 0 radical (unpaired) electrons. The zero-order chi connectivity index (χ0) is 14.7. The van der Waals surface area contributed by atoms with Gasteiger partial charge in [-0.15, -0.1) is 0 Å². The summed E-state index contributed by atoms with van der Waals surface area (Å²) in [5.41, 5.74) is 0. The fraction of sp³-hybridized carbons (Fsp3) is 0.444. The van der Waals surface area contributed by atoms with Gasteiger partial charge in [-0.3, -0.25) is 4.21 Å². The van der Waals surface area contributed by atoms with Gasteiger partial charge in [0.05, 0.1) is 10.8 Å². The Labute approximate surface area is 129 Å². The highest BCUT2D eigenvalue weighted by Crippen LogP contribution is 2.33. The largest absolute Gasteiger partial charge is 0.313 e. The molecule has 1 fully saturated rings. The highest BCUT2D eigenvalue weighted by molar-refractivity contribution is 7.85. The number of hydrogen-bond acceptors (Lipinski definition) is 2. The molecule has 0 bridgehead atoms. The third kappa shape index (κ3) is 3.72. The SMILES string of the molecule is CCCNC(CS(=O)c1ccc2ccccc2c1)C1CC1. The van der Waals surface area contributed by atoms with Crippen LogP contribution in [0.1, 0.15) is 26.2 Å². The van der Waals surface area contributed by atoms with E-state index < -0.39 is 10.8 Å². The minimum atomic E-state index is -0.916. The molecule has 3 heteroatoms. The highest BCUT2D eigenvalue weighted by Gasteiger charge is 2.32. The minimum absolute atomic E-state index is 0.414. The Morgan fingerprint density at radius 3 is 2.67 bits per heavy atom. The van der Waals surface area contributed by atoms with Gasteiger partial charge in [-0.2, -0.15) is 0 Å². The lowest BCUT2D eigenvalue weighted by Gasteiger charge is -2.17. The molecule has 1 saturated carbocycles. The van der Waals surface area contributed by atoms with Crippen LogP contribution in [0.25, 0.3) is 10.8 Å². The normalized spacial score (nSPS) is 17.8. The van der Waals surface area contributed by atoms with Crippen LogP contribution in [0, 0.1) is 5.92 Å². The van der Waals surface area contributed by atoms with Crippen LogP contribution in [0.5, 0.6) is 0 Å². The van der Waals surface area contributed by atoms with Crippen molar-refractivity contribution >= 4 is 21.6 Å². The van der Waals surface area contributed by atoms with E-state index in [0.29, 0.717) is 6.04 Å². The summed E-state index contributed by atoms with van der Waals surface area (Å²) in [4.78, 5) is 0.956. The maximum atomic E-state index is 12.7. The van der Waals surface area contributed by atoms with Gasteiger partial charge in [0.25, 0.3) is 0 Å². The summed E-state index contributed by atoms with van der Waals surface area (Å²) < 4.78 is 12.7. The monoisotopic (exact) mass is 301 g/mol. The van der Waals surface area contributed by atoms with Crippen molar-refractivity contribution in [1.29, 1.82) is 0 Å². The van der Waals surface area contributed by atoms with Gasteiger partial charge in [-0.25, -0.2) is 0 Å². The standard InChI is InChI=1S/C18H23NOS/c1-2-11-19-18(15-7-8-15)13-21(20)17-10-9-14-5-3-4-6-16(14)12-17/h3-6,9-10,12,15,18-19H,2,7-8,11,13H2,1H3. The van der Waals surface area contributed by atoms with E-state index in [0.717, 1.165) is 29.5 Å². The van der Waals surface area contributed by atoms with Crippen LogP contribution in [0.15, 0.2) is 47.4 Å². The van der Waals surface area contributed by atoms with Crippen LogP contribution in [0.4, 0.5) is 0 Å². The van der Waals surface area contributed by atoms with Gasteiger partial charge in [-0.05, 0) is 54.6 Å². The molecule has 112 valence electrons. The van der Waals surface area contributed by atoms with Crippen LogP contribution in [-0.2, 0) is 10.8 Å². The number of hydrogen-bond donors (Lipinski definition) is 1. The molecular weight excluding hydrogens is 278 g/mol. The van der Waals surface area contributed by atoms with Gasteiger partial charge in [-0.1, -0.05) is 37.3 Å². The third-order valence-electron chi connectivity index (χ3n) is 4.16. The van der Waals surface area contributed by atoms with Crippen molar-refractivity contribution in [3.63, 3.8) is 0 Å². The zero-order valence-electron chi connectivity index (χ0n) is 12.5. The van der Waals surface area contributed by atoms with E-state index in [1.807, 2.05) is 18.2 Å². The molecule has 2 aromatic rings. The number of nitrogens with one attached hydrogen (secondary N) is 1. The smallest absolute Gasteiger partial charge is 0.0545 e. The Morgan fingerprint density at radius 1 is 1.19 bits per heavy atom. The molecule has 0 heterocycles. The molecule has 0 amide bonds. The van der Waals surface area contributed by atoms with E-state index in [4.69, 9.17) is 0 Å². The summed E-state index contributed by atoms with van der Waals surface area (Å²) in [6, 6.07) is 14.8. The molecule has 2 nitrogen and oxygen atoms in total. The Morgan fingerprint density at radius 2 is 1.95 bits per heavy atom. The van der Waals surface area contributed by atoms with Crippen molar-refractivity contribution in [3.8, 4) is 0 Å². The topological polar surface area (TPSA) is 29.1 Å². The second kappa shape index (κ2) is 6.71. The molecule has 1 aliphatic rings. The van der Waals surface area contributed by atoms with Gasteiger partial charge < -0.3 is 5.32 Å². The summed E-state index contributed by atoms with van der Waals surface area (Å²) in [6.45, 7) is 3.20. The van der Waals surface area contributed by atoms with Crippen LogP contribution in [0.3, 0.4) is 0 Å². The van der Waals surface area contributed by atoms with E-state index in [1.54, 1.807) is 0 Å². The molecule has 21 heavy (non-hydrogen) atoms. The molecule has 2 unspecified atom stereocenters. The molecule has 2 atom stereocenters. The first-order chi connectivity index (χ1) is 10.3. The third-order valence-corrected chi connectivity index (χ3v) is 5.60. The lowest BCUT2D eigenvalue weighted by atomic mass is 10.1. The molecule has 0 saturated heterocycles. The fourth-order valence-corrected chi connectivity index (χ4v) is 4.15. The Kier molecular flexibility index (Phi) is 4.71. The predicted octanol–water partition coefficient (Wildman–Crippen LogP) is 3.73. The molecular formula is C18H23NOS. The number of benzene rings is 2. The van der Waals surface area contributed by atoms with Crippen LogP contribution in [-0.4, -0.2) is 22.5 Å². The average Bonchev–Trinajstić information content (AvgIpc) is 3.35. The summed E-state index contributed by atoms with van der Waals surface area (Å²) in [5, 5.41) is 5.96. The van der Waals surface area contributed by atoms with Crippen molar-refractivity contribution in [2.45, 2.75) is 37.1 Å². The maximum absolute atomic E-state index is 12.7. The summed E-state index contributed by atoms with van der Waals surface area (Å²) in [7, 11) is -0.916. The van der Waals surface area contributed by atoms with E-state index in [2.05, 4.69) is 36.5 Å². The molecule has 1 N–H and O–H groups in total. The van der Waals surface area contributed by atoms with Crippen molar-refractivity contribution in [2.75, 3.05) is 12.3 Å². The summed E-state index contributed by atoms with van der Waals surface area (Å²) in [5.74, 6) is 1.48. The first kappa shape index (κ1) is 14.7. The zero-order valence-corrected chi connectivity index (χ0v) is 13.4. The summed E-state index contributed by atoms with van der Waals surface area (Å²) in [6.07, 6.45) is 3.71. The Hall–Kier alpha value is -1.19. The molecule has 0 aliphatic heterocycles. The summed E-state index contributed by atoms with van der Waals surface area (Å²) >= 11 is 0. The van der Waals surface area contributed by atoms with E-state index in [1.165, 1.54) is 23.6 Å². The highest BCUT2D eigenvalue weighted by atomic mass is 32.2. The van der Waals surface area contributed by atoms with Crippen LogP contribution in [0.2, 0.25) is 0 Å². The quantitative estimate of drug-likeness (QED) is 0.844. The number of rotatable bonds is 7. The van der Waals surface area contributed by atoms with Gasteiger partial charge in [0.15, 0.2) is 0 Å². The van der Waals surface area contributed by atoms with E-state index in [-0.39, 0.29) is 0 Å². The van der Waals surface area contributed by atoms with Gasteiger partial charge in [0.1, 0.15) is 0 Å². The second-order valence-electron chi connectivity index (χ2n) is 5.92. The second-order valence-corrected chi connectivity index (χ2v) is 7.41. The molecule has 0 aromatic heterocycles. The number of fused-ring (bicyclic) bond motifs is 1. The molecule has 0 spiro atoms. The predicted molar refractivity (Wildman–Crippen MR) is 90.0 cm³/mol. The minimum Gasteiger partial charge on any atom is -0.313 e. The fourth-order valence-electron chi connectivity index (χ4n) is 2.76. The first-order valence-electron chi connectivity index (χ1n) is 7.88.